The van der Waals surface area contributed by atoms with Crippen molar-refractivity contribution < 1.29 is 9.59 Å². The first-order valence-corrected chi connectivity index (χ1v) is 11.6. The highest BCUT2D eigenvalue weighted by Gasteiger charge is 2.31. The average Bonchev–Trinajstić information content (AvgIpc) is 3.11. The fourth-order valence-corrected chi connectivity index (χ4v) is 4.79. The summed E-state index contributed by atoms with van der Waals surface area (Å²) >= 11 is 1.88. The summed E-state index contributed by atoms with van der Waals surface area (Å²) in [5.74, 6) is 2.85. The van der Waals surface area contributed by atoms with Crippen LogP contribution in [0.25, 0.3) is 11.3 Å². The van der Waals surface area contributed by atoms with Gasteiger partial charge in [-0.3, -0.25) is 9.59 Å². The number of carbonyl (C=O) groups is 2. The van der Waals surface area contributed by atoms with E-state index in [1.165, 1.54) is 6.92 Å². The van der Waals surface area contributed by atoms with Crippen molar-refractivity contribution in [3.8, 4) is 11.3 Å². The maximum absolute atomic E-state index is 13.2. The van der Waals surface area contributed by atoms with E-state index in [1.807, 2.05) is 54.2 Å². The van der Waals surface area contributed by atoms with Gasteiger partial charge in [-0.2, -0.15) is 11.8 Å². The van der Waals surface area contributed by atoms with Crippen LogP contribution in [0.1, 0.15) is 36.3 Å². The Kier molecular flexibility index (Phi) is 6.42. The number of ketones is 1. The molecule has 1 atom stereocenters. The zero-order chi connectivity index (χ0) is 21.8. The monoisotopic (exact) mass is 434 g/mol. The smallest absolute Gasteiger partial charge is 0.222 e. The quantitative estimate of drug-likeness (QED) is 0.471. The molecule has 160 valence electrons. The average molecular weight is 435 g/mol. The molecule has 2 aromatic heterocycles. The third-order valence-corrected chi connectivity index (χ3v) is 6.39. The second-order valence-corrected chi connectivity index (χ2v) is 9.01. The van der Waals surface area contributed by atoms with Crippen LogP contribution >= 0.6 is 11.8 Å². The number of carbonyl (C=O) groups excluding carboxylic acids is 2. The molecule has 2 heterocycles. The minimum absolute atomic E-state index is 0.167. The summed E-state index contributed by atoms with van der Waals surface area (Å²) in [5.41, 5.74) is 5.11. The van der Waals surface area contributed by atoms with Gasteiger partial charge in [-0.25, -0.2) is 4.98 Å². The topological polar surface area (TPSA) is 86.9 Å². The minimum atomic E-state index is -0.176. The summed E-state index contributed by atoms with van der Waals surface area (Å²) in [4.78, 5) is 32.4. The first kappa shape index (κ1) is 21.2. The van der Waals surface area contributed by atoms with Crippen molar-refractivity contribution in [3.63, 3.8) is 0 Å². The second-order valence-electron chi connectivity index (χ2n) is 7.69. The molecular weight excluding hydrogens is 408 g/mol. The molecule has 7 heteroatoms. The molecule has 0 saturated heterocycles. The van der Waals surface area contributed by atoms with Crippen molar-refractivity contribution in [3.05, 3.63) is 59.9 Å². The zero-order valence-corrected chi connectivity index (χ0v) is 18.5. The van der Waals surface area contributed by atoms with E-state index in [0.29, 0.717) is 18.2 Å². The number of H-pyrrole nitrogens is 1. The number of rotatable bonds is 7. The number of Topliss-reactive ketones (excluding diaryl/α,β-unsaturated/α-hetero) is 1. The van der Waals surface area contributed by atoms with Crippen molar-refractivity contribution in [2.45, 2.75) is 26.7 Å². The van der Waals surface area contributed by atoms with E-state index in [4.69, 9.17) is 0 Å². The molecule has 1 unspecified atom stereocenters. The number of benzene rings is 1. The van der Waals surface area contributed by atoms with Gasteiger partial charge in [0, 0.05) is 36.5 Å². The molecule has 0 saturated carbocycles. The van der Waals surface area contributed by atoms with E-state index in [2.05, 4.69) is 27.5 Å². The number of para-hydroxylation sites is 1. The molecule has 3 aromatic rings. The number of anilines is 3. The van der Waals surface area contributed by atoms with Gasteiger partial charge in [0.2, 0.25) is 5.91 Å². The van der Waals surface area contributed by atoms with E-state index in [0.717, 1.165) is 51.8 Å². The third-order valence-electron chi connectivity index (χ3n) is 5.28. The lowest BCUT2D eigenvalue weighted by atomic mass is 9.87. The van der Waals surface area contributed by atoms with Gasteiger partial charge in [0.05, 0.1) is 16.9 Å². The molecule has 0 bridgehead atoms. The molecule has 0 radical (unpaired) electrons. The highest BCUT2D eigenvalue weighted by Crippen LogP contribution is 2.40. The van der Waals surface area contributed by atoms with Crippen LogP contribution in [-0.2, 0) is 11.2 Å². The van der Waals surface area contributed by atoms with Gasteiger partial charge < -0.3 is 15.6 Å². The van der Waals surface area contributed by atoms with Gasteiger partial charge in [-0.15, -0.1) is 0 Å². The Bertz CT molecular complexity index is 1090. The number of pyridine rings is 1. The number of hydrogen-bond acceptors (Lipinski definition) is 5. The van der Waals surface area contributed by atoms with Crippen LogP contribution in [0, 0.1) is 5.92 Å². The molecule has 6 nitrogen and oxygen atoms in total. The number of aromatic nitrogens is 2. The molecule has 3 N–H and O–H groups in total. The lowest BCUT2D eigenvalue weighted by Crippen LogP contribution is -2.21. The summed E-state index contributed by atoms with van der Waals surface area (Å²) in [6, 6.07) is 13.5. The Balaban J connectivity index is 1.77. The summed E-state index contributed by atoms with van der Waals surface area (Å²) in [6.45, 7) is 3.60. The first-order valence-electron chi connectivity index (χ1n) is 10.5. The number of nitrogens with one attached hydrogen (secondary N) is 3. The fourth-order valence-electron chi connectivity index (χ4n) is 3.98. The Labute approximate surface area is 186 Å². The van der Waals surface area contributed by atoms with E-state index in [-0.39, 0.29) is 11.7 Å². The second kappa shape index (κ2) is 9.39. The summed E-state index contributed by atoms with van der Waals surface area (Å²) in [7, 11) is 0. The van der Waals surface area contributed by atoms with E-state index < -0.39 is 0 Å². The summed E-state index contributed by atoms with van der Waals surface area (Å²) < 4.78 is 0. The van der Waals surface area contributed by atoms with Crippen LogP contribution in [0.5, 0.6) is 0 Å². The highest BCUT2D eigenvalue weighted by atomic mass is 32.2. The lowest BCUT2D eigenvalue weighted by molar-refractivity contribution is -0.114. The van der Waals surface area contributed by atoms with Crippen LogP contribution in [-0.4, -0.2) is 33.2 Å². The van der Waals surface area contributed by atoms with Gasteiger partial charge in [0.25, 0.3) is 0 Å². The Hall–Kier alpha value is -3.06. The van der Waals surface area contributed by atoms with Gasteiger partial charge in [0.15, 0.2) is 5.78 Å². The first-order chi connectivity index (χ1) is 15.0. The zero-order valence-electron chi connectivity index (χ0n) is 17.7. The number of thioether (sulfide) groups is 1. The number of amides is 1. The maximum Gasteiger partial charge on any atom is 0.222 e. The molecule has 1 aliphatic rings. The van der Waals surface area contributed by atoms with Crippen LogP contribution in [0.3, 0.4) is 0 Å². The highest BCUT2D eigenvalue weighted by molar-refractivity contribution is 7.99. The van der Waals surface area contributed by atoms with Crippen LogP contribution < -0.4 is 10.6 Å². The maximum atomic E-state index is 13.2. The number of aromatic amines is 1. The molecule has 0 aliphatic heterocycles. The van der Waals surface area contributed by atoms with Crippen molar-refractivity contribution in [2.75, 3.05) is 22.1 Å². The molecule has 1 aliphatic carbocycles. The molecule has 31 heavy (non-hydrogen) atoms. The Morgan fingerprint density at radius 3 is 2.77 bits per heavy atom. The van der Waals surface area contributed by atoms with Gasteiger partial charge >= 0.3 is 0 Å². The van der Waals surface area contributed by atoms with E-state index in [1.54, 1.807) is 6.20 Å². The number of nitrogens with zero attached hydrogens (tertiary/aromatic N) is 1. The predicted octanol–water partition coefficient (Wildman–Crippen LogP) is 5.28. The Morgan fingerprint density at radius 1 is 1.23 bits per heavy atom. The SMILES string of the molecule is CCSCC1CC(=O)c2c([nH]c(-c3ccnc(NC(C)=O)c3)c2Nc2ccccc2)C1. The lowest BCUT2D eigenvalue weighted by Gasteiger charge is -2.21. The molecular formula is C24H26N4O2S. The van der Waals surface area contributed by atoms with Crippen LogP contribution in [0.4, 0.5) is 17.2 Å². The van der Waals surface area contributed by atoms with E-state index >= 15 is 0 Å². The largest absolute Gasteiger partial charge is 0.356 e. The third kappa shape index (κ3) is 4.82. The van der Waals surface area contributed by atoms with Crippen LogP contribution in [0.2, 0.25) is 0 Å². The number of fused-ring (bicyclic) bond motifs is 1. The van der Waals surface area contributed by atoms with Crippen molar-refractivity contribution in [1.29, 1.82) is 0 Å². The van der Waals surface area contributed by atoms with E-state index in [9.17, 15) is 9.59 Å². The molecule has 0 spiro atoms. The molecule has 1 aromatic carbocycles. The fraction of sp³-hybridized carbons (Fsp3) is 0.292. The molecule has 4 rings (SSSR count). The summed E-state index contributed by atoms with van der Waals surface area (Å²) in [5, 5.41) is 6.19. The predicted molar refractivity (Wildman–Crippen MR) is 127 cm³/mol. The van der Waals surface area contributed by atoms with Gasteiger partial charge in [-0.05, 0) is 48.1 Å². The van der Waals surface area contributed by atoms with Crippen molar-refractivity contribution in [1.82, 2.24) is 9.97 Å². The summed E-state index contributed by atoms with van der Waals surface area (Å²) in [6.07, 6.45) is 3.07. The minimum Gasteiger partial charge on any atom is -0.356 e. The molecule has 0 fully saturated rings. The normalized spacial score (nSPS) is 15.4. The Morgan fingerprint density at radius 2 is 2.03 bits per heavy atom. The number of hydrogen-bond donors (Lipinski definition) is 3. The van der Waals surface area contributed by atoms with Crippen LogP contribution in [0.15, 0.2) is 48.7 Å². The van der Waals surface area contributed by atoms with Gasteiger partial charge in [-0.1, -0.05) is 25.1 Å². The standard InChI is InChI=1S/C24H26N4O2S/c1-3-31-14-16-11-19-22(20(30)12-16)24(27-18-7-5-4-6-8-18)23(28-19)17-9-10-25-21(13-17)26-15(2)29/h4-10,13,16,27-28H,3,11-12,14H2,1-2H3,(H,25,26,29). The van der Waals surface area contributed by atoms with Gasteiger partial charge in [0.1, 0.15) is 5.82 Å². The van der Waals surface area contributed by atoms with Crippen molar-refractivity contribution >= 4 is 40.6 Å². The molecule has 1 amide bonds. The van der Waals surface area contributed by atoms with Crippen molar-refractivity contribution in [2.24, 2.45) is 5.92 Å².